The molecule has 0 saturated heterocycles. The number of carbonyl (C=O) groups excluding carboxylic acids is 3. The van der Waals surface area contributed by atoms with Gasteiger partial charge in [-0.3, -0.25) is 9.59 Å². The number of methoxy groups -OCH3 is 1. The molecule has 3 amide bonds. The van der Waals surface area contributed by atoms with Gasteiger partial charge in [0.2, 0.25) is 5.91 Å². The van der Waals surface area contributed by atoms with Crippen molar-refractivity contribution in [2.75, 3.05) is 30.5 Å². The zero-order valence-electron chi connectivity index (χ0n) is 24.6. The minimum absolute atomic E-state index is 0.0151. The summed E-state index contributed by atoms with van der Waals surface area (Å²) in [5, 5.41) is 3.04. The van der Waals surface area contributed by atoms with Gasteiger partial charge in [0.05, 0.1) is 13.7 Å². The maximum atomic E-state index is 13.7. The van der Waals surface area contributed by atoms with Crippen LogP contribution in [-0.4, -0.2) is 54.6 Å². The summed E-state index contributed by atoms with van der Waals surface area (Å²) in [7, 11) is 1.62. The van der Waals surface area contributed by atoms with Gasteiger partial charge in [0, 0.05) is 58.1 Å². The summed E-state index contributed by atoms with van der Waals surface area (Å²) < 4.78 is 11.2. The Morgan fingerprint density at radius 2 is 1.85 bits per heavy atom. The number of hydrogen-bond acceptors (Lipinski definition) is 6. The molecular formula is C31H41BrN4O5. The lowest BCUT2D eigenvalue weighted by atomic mass is 9.84. The van der Waals surface area contributed by atoms with Gasteiger partial charge in [-0.15, -0.1) is 0 Å². The predicted octanol–water partition coefficient (Wildman–Crippen LogP) is 6.01. The molecule has 10 heteroatoms. The lowest BCUT2D eigenvalue weighted by Crippen LogP contribution is -2.42. The zero-order valence-corrected chi connectivity index (χ0v) is 26.2. The quantitative estimate of drug-likeness (QED) is 0.329. The van der Waals surface area contributed by atoms with Gasteiger partial charge in [-0.05, 0) is 89.1 Å². The highest BCUT2D eigenvalue weighted by Gasteiger charge is 2.38. The Hall–Kier alpha value is -3.27. The summed E-state index contributed by atoms with van der Waals surface area (Å²) >= 11 is 3.73. The van der Waals surface area contributed by atoms with Crippen molar-refractivity contribution in [2.45, 2.75) is 77.9 Å². The number of fused-ring (bicyclic) bond motifs is 1. The Labute approximate surface area is 250 Å². The fourth-order valence-corrected chi connectivity index (χ4v) is 6.43. The molecule has 41 heavy (non-hydrogen) atoms. The fourth-order valence-electron chi connectivity index (χ4n) is 5.86. The van der Waals surface area contributed by atoms with Crippen LogP contribution in [0.5, 0.6) is 5.75 Å². The minimum Gasteiger partial charge on any atom is -0.496 e. The highest BCUT2D eigenvalue weighted by atomic mass is 79.9. The minimum atomic E-state index is -0.778. The molecule has 1 saturated carbocycles. The average molecular weight is 630 g/mol. The van der Waals surface area contributed by atoms with E-state index in [-0.39, 0.29) is 35.9 Å². The highest BCUT2D eigenvalue weighted by molar-refractivity contribution is 9.10. The molecule has 0 radical (unpaired) electrons. The first-order valence-electron chi connectivity index (χ1n) is 14.2. The molecule has 4 rings (SSSR count). The van der Waals surface area contributed by atoms with Gasteiger partial charge in [0.1, 0.15) is 5.75 Å². The second-order valence-corrected chi connectivity index (χ2v) is 12.8. The van der Waals surface area contributed by atoms with E-state index < -0.39 is 6.09 Å². The van der Waals surface area contributed by atoms with Crippen LogP contribution in [0, 0.1) is 12.8 Å². The van der Waals surface area contributed by atoms with E-state index in [0.29, 0.717) is 25.1 Å². The molecule has 2 aliphatic rings. The van der Waals surface area contributed by atoms with Crippen LogP contribution in [0.3, 0.4) is 0 Å². The molecule has 0 bridgehead atoms. The number of anilines is 2. The lowest BCUT2D eigenvalue weighted by molar-refractivity contribution is -0.121. The topological polar surface area (TPSA) is 114 Å². The number of halogens is 1. The van der Waals surface area contributed by atoms with Crippen LogP contribution in [0.15, 0.2) is 34.8 Å². The van der Waals surface area contributed by atoms with Crippen molar-refractivity contribution in [1.29, 1.82) is 0 Å². The van der Waals surface area contributed by atoms with E-state index in [1.807, 2.05) is 36.1 Å². The van der Waals surface area contributed by atoms with E-state index >= 15 is 0 Å². The predicted molar refractivity (Wildman–Crippen MR) is 163 cm³/mol. The van der Waals surface area contributed by atoms with Crippen molar-refractivity contribution in [3.63, 3.8) is 0 Å². The molecular weight excluding hydrogens is 588 g/mol. The van der Waals surface area contributed by atoms with Gasteiger partial charge in [0.15, 0.2) is 0 Å². The molecule has 1 fully saturated rings. The monoisotopic (exact) mass is 628 g/mol. The Bertz CT molecular complexity index is 1300. The molecule has 2 aromatic rings. The normalized spacial score (nSPS) is 18.6. The molecule has 3 N–H and O–H groups in total. The summed E-state index contributed by atoms with van der Waals surface area (Å²) in [5.41, 5.74) is 9.27. The number of rotatable bonds is 9. The summed E-state index contributed by atoms with van der Waals surface area (Å²) in [6, 6.07) is 9.82. The van der Waals surface area contributed by atoms with Crippen LogP contribution in [0.2, 0.25) is 0 Å². The highest BCUT2D eigenvalue weighted by Crippen LogP contribution is 2.39. The fraction of sp³-hybridized carbons (Fsp3) is 0.516. The van der Waals surface area contributed by atoms with Crippen LogP contribution in [0.1, 0.15) is 74.4 Å². The van der Waals surface area contributed by atoms with Gasteiger partial charge < -0.3 is 30.3 Å². The van der Waals surface area contributed by atoms with E-state index in [0.717, 1.165) is 58.4 Å². The van der Waals surface area contributed by atoms with E-state index in [4.69, 9.17) is 15.2 Å². The number of aryl methyl sites for hydroxylation is 1. The molecule has 222 valence electrons. The number of nitrogens with one attached hydrogen (secondary N) is 1. The van der Waals surface area contributed by atoms with Crippen molar-refractivity contribution in [1.82, 2.24) is 4.90 Å². The van der Waals surface area contributed by atoms with E-state index in [1.165, 1.54) is 0 Å². The Morgan fingerprint density at radius 1 is 1.15 bits per heavy atom. The average Bonchev–Trinajstić information content (AvgIpc) is 3.25. The second kappa shape index (κ2) is 12.7. The maximum absolute atomic E-state index is 13.7. The third kappa shape index (κ3) is 7.15. The van der Waals surface area contributed by atoms with Gasteiger partial charge in [-0.25, -0.2) is 4.79 Å². The van der Waals surface area contributed by atoms with Crippen LogP contribution in [0.25, 0.3) is 0 Å². The van der Waals surface area contributed by atoms with Crippen molar-refractivity contribution < 1.29 is 23.9 Å². The van der Waals surface area contributed by atoms with E-state index in [1.54, 1.807) is 7.11 Å². The van der Waals surface area contributed by atoms with Crippen molar-refractivity contribution in [2.24, 2.45) is 11.7 Å². The van der Waals surface area contributed by atoms with Crippen molar-refractivity contribution >= 4 is 45.2 Å². The molecule has 1 heterocycles. The summed E-state index contributed by atoms with van der Waals surface area (Å²) in [6.07, 6.45) is 2.87. The largest absolute Gasteiger partial charge is 0.496 e. The molecule has 9 nitrogen and oxygen atoms in total. The van der Waals surface area contributed by atoms with Crippen LogP contribution >= 0.6 is 15.9 Å². The molecule has 0 unspecified atom stereocenters. The Kier molecular flexibility index (Phi) is 9.51. The number of amides is 3. The number of nitrogens with zero attached hydrogens (tertiary/aromatic N) is 2. The lowest BCUT2D eigenvalue weighted by Gasteiger charge is -2.38. The summed E-state index contributed by atoms with van der Waals surface area (Å²) in [4.78, 5) is 41.8. The Balaban J connectivity index is 1.40. The first-order valence-corrected chi connectivity index (χ1v) is 15.0. The van der Waals surface area contributed by atoms with Gasteiger partial charge in [-0.2, -0.15) is 0 Å². The van der Waals surface area contributed by atoms with Crippen LogP contribution in [-0.2, 0) is 16.1 Å². The van der Waals surface area contributed by atoms with Crippen molar-refractivity contribution in [3.05, 3.63) is 51.5 Å². The molecule has 1 aliphatic carbocycles. The summed E-state index contributed by atoms with van der Waals surface area (Å²) in [5.74, 6) is 0.709. The van der Waals surface area contributed by atoms with Crippen LogP contribution < -0.4 is 20.7 Å². The standard InChI is InChI=1S/C31H41BrN4O5/c1-19-7-10-21(15-27(19)40-5)34-28(37)20-8-11-22(12-9-20)35-18-25-24(29(35)38)16-23(17-26(25)32)36(31(2,3)4)13-6-14-41-30(33)39/h7,10,15-17,20,22H,6,8-9,11-14,18H2,1-5H3,(H2,33,39)(H,34,37). The van der Waals surface area contributed by atoms with Gasteiger partial charge in [0.25, 0.3) is 5.91 Å². The molecule has 1 aliphatic heterocycles. The van der Waals surface area contributed by atoms with Gasteiger partial charge in [-0.1, -0.05) is 22.0 Å². The SMILES string of the molecule is COc1cc(NC(=O)C2CCC(N3Cc4c(Br)cc(N(CCCOC(N)=O)C(C)(C)C)cc4C3=O)CC2)ccc1C. The second-order valence-electron chi connectivity index (χ2n) is 11.9. The molecule has 0 aromatic heterocycles. The number of benzene rings is 2. The first kappa shape index (κ1) is 30.7. The number of nitrogens with two attached hydrogens (primary N) is 1. The zero-order chi connectivity index (χ0) is 29.9. The molecule has 0 atom stereocenters. The van der Waals surface area contributed by atoms with E-state index in [9.17, 15) is 14.4 Å². The van der Waals surface area contributed by atoms with Crippen molar-refractivity contribution in [3.8, 4) is 5.75 Å². The molecule has 0 spiro atoms. The number of primary amides is 1. The molecule has 2 aromatic carbocycles. The third-order valence-electron chi connectivity index (χ3n) is 8.08. The third-order valence-corrected chi connectivity index (χ3v) is 8.78. The van der Waals surface area contributed by atoms with Crippen LogP contribution in [0.4, 0.5) is 16.2 Å². The Morgan fingerprint density at radius 3 is 2.49 bits per heavy atom. The first-order chi connectivity index (χ1) is 19.4. The van der Waals surface area contributed by atoms with E-state index in [2.05, 4.69) is 53.0 Å². The summed E-state index contributed by atoms with van der Waals surface area (Å²) in [6.45, 7) is 9.74. The number of carbonyl (C=O) groups is 3. The smallest absolute Gasteiger partial charge is 0.404 e. The maximum Gasteiger partial charge on any atom is 0.404 e. The number of hydrogen-bond donors (Lipinski definition) is 2. The van der Waals surface area contributed by atoms with Gasteiger partial charge >= 0.3 is 6.09 Å². The number of ether oxygens (including phenoxy) is 2.